The number of ketones is 1. The molecule has 1 aliphatic carbocycles. The smallest absolute Gasteiger partial charge is 0.194 e. The molecule has 118 valence electrons. The van der Waals surface area contributed by atoms with Crippen LogP contribution in [0.5, 0.6) is 0 Å². The summed E-state index contributed by atoms with van der Waals surface area (Å²) in [6, 6.07) is 15.0. The van der Waals surface area contributed by atoms with Crippen LogP contribution in [0, 0.1) is 5.92 Å². The second kappa shape index (κ2) is 5.18. The lowest BCUT2D eigenvalue weighted by atomic mass is 9.93. The topological polar surface area (TPSA) is 23.6 Å². The molecule has 2 unspecified atom stereocenters. The number of hydrogen-bond acceptors (Lipinski definition) is 3. The van der Waals surface area contributed by atoms with Gasteiger partial charge in [0.15, 0.2) is 5.78 Å². The van der Waals surface area contributed by atoms with Crippen LogP contribution in [0.25, 0.3) is 11.1 Å². The van der Waals surface area contributed by atoms with Crippen molar-refractivity contribution in [2.45, 2.75) is 6.04 Å². The first kappa shape index (κ1) is 14.9. The zero-order chi connectivity index (χ0) is 14.8. The summed E-state index contributed by atoms with van der Waals surface area (Å²) in [5.74, 6) is 0.970. The van der Waals surface area contributed by atoms with E-state index in [4.69, 9.17) is 0 Å². The molecule has 3 nitrogen and oxygen atoms in total. The van der Waals surface area contributed by atoms with Crippen LogP contribution in [-0.2, 0) is 0 Å². The van der Waals surface area contributed by atoms with E-state index in [1.54, 1.807) is 0 Å². The molecule has 0 bridgehead atoms. The SMILES string of the molecule is Br.CN1CC2CN(c3ccc4c(c3)C(=O)c3ccccc3-4)CC21. The Labute approximate surface area is 146 Å². The Morgan fingerprint density at radius 2 is 1.65 bits per heavy atom. The van der Waals surface area contributed by atoms with E-state index < -0.39 is 0 Å². The number of carbonyl (C=O) groups excluding carboxylic acids is 1. The van der Waals surface area contributed by atoms with Crippen LogP contribution in [0.4, 0.5) is 5.69 Å². The maximum Gasteiger partial charge on any atom is 0.194 e. The molecule has 2 aliphatic heterocycles. The fourth-order valence-electron chi connectivity index (χ4n) is 4.32. The predicted octanol–water partition coefficient (Wildman–Crippen LogP) is 3.23. The fraction of sp³-hybridized carbons (Fsp3) is 0.316. The van der Waals surface area contributed by atoms with Gasteiger partial charge in [0, 0.05) is 48.4 Å². The molecule has 0 amide bonds. The first-order valence-electron chi connectivity index (χ1n) is 7.96. The second-order valence-electron chi connectivity index (χ2n) is 6.78. The molecule has 3 aliphatic rings. The van der Waals surface area contributed by atoms with Crippen LogP contribution >= 0.6 is 17.0 Å². The lowest BCUT2D eigenvalue weighted by molar-refractivity contribution is 0.0827. The first-order valence-corrected chi connectivity index (χ1v) is 7.96. The minimum atomic E-state index is 0. The summed E-state index contributed by atoms with van der Waals surface area (Å²) >= 11 is 0. The largest absolute Gasteiger partial charge is 0.370 e. The van der Waals surface area contributed by atoms with Crippen LogP contribution < -0.4 is 4.90 Å². The number of likely N-dealkylation sites (N-methyl/N-ethyl adjacent to an activating group) is 1. The van der Waals surface area contributed by atoms with Crippen molar-refractivity contribution in [3.05, 3.63) is 53.6 Å². The molecule has 2 aromatic carbocycles. The Balaban J connectivity index is 0.00000135. The fourth-order valence-corrected chi connectivity index (χ4v) is 4.32. The van der Waals surface area contributed by atoms with Gasteiger partial charge >= 0.3 is 0 Å². The number of carbonyl (C=O) groups is 1. The lowest BCUT2D eigenvalue weighted by Gasteiger charge is -2.40. The molecule has 23 heavy (non-hydrogen) atoms. The van der Waals surface area contributed by atoms with Gasteiger partial charge in [-0.05, 0) is 30.3 Å². The van der Waals surface area contributed by atoms with Gasteiger partial charge in [-0.3, -0.25) is 4.79 Å². The summed E-state index contributed by atoms with van der Waals surface area (Å²) in [4.78, 5) is 17.5. The van der Waals surface area contributed by atoms with Crippen molar-refractivity contribution in [2.75, 3.05) is 31.6 Å². The van der Waals surface area contributed by atoms with Crippen molar-refractivity contribution in [1.29, 1.82) is 0 Å². The van der Waals surface area contributed by atoms with Gasteiger partial charge in [-0.1, -0.05) is 30.3 Å². The van der Waals surface area contributed by atoms with Crippen molar-refractivity contribution in [2.24, 2.45) is 5.92 Å². The zero-order valence-corrected chi connectivity index (χ0v) is 14.7. The van der Waals surface area contributed by atoms with Crippen molar-refractivity contribution in [3.63, 3.8) is 0 Å². The highest BCUT2D eigenvalue weighted by Gasteiger charge is 2.43. The Kier molecular flexibility index (Phi) is 3.36. The molecule has 5 rings (SSSR count). The number of benzene rings is 2. The highest BCUT2D eigenvalue weighted by atomic mass is 79.9. The molecule has 2 saturated heterocycles. The highest BCUT2D eigenvalue weighted by molar-refractivity contribution is 8.93. The molecule has 0 N–H and O–H groups in total. The summed E-state index contributed by atoms with van der Waals surface area (Å²) in [7, 11) is 2.20. The molecule has 2 fully saturated rings. The molecule has 2 aromatic rings. The summed E-state index contributed by atoms with van der Waals surface area (Å²) in [5.41, 5.74) is 5.07. The predicted molar refractivity (Wildman–Crippen MR) is 97.8 cm³/mol. The van der Waals surface area contributed by atoms with Crippen molar-refractivity contribution in [3.8, 4) is 11.1 Å². The average Bonchev–Trinajstić information content (AvgIpc) is 3.04. The number of fused-ring (bicyclic) bond motifs is 4. The third-order valence-corrected chi connectivity index (χ3v) is 5.57. The van der Waals surface area contributed by atoms with Crippen LogP contribution in [0.2, 0.25) is 0 Å². The standard InChI is InChI=1S/C19H18N2O.BrH/c1-20-9-12-10-21(11-18(12)20)13-6-7-15-14-4-2-3-5-16(14)19(22)17(15)8-13;/h2-8,12,18H,9-11H2,1H3;1H. The van der Waals surface area contributed by atoms with E-state index in [1.165, 1.54) is 12.2 Å². The Bertz CT molecular complexity index is 804. The van der Waals surface area contributed by atoms with E-state index in [-0.39, 0.29) is 22.8 Å². The Morgan fingerprint density at radius 3 is 2.39 bits per heavy atom. The Morgan fingerprint density at radius 1 is 0.913 bits per heavy atom. The van der Waals surface area contributed by atoms with E-state index in [9.17, 15) is 4.79 Å². The second-order valence-corrected chi connectivity index (χ2v) is 6.78. The summed E-state index contributed by atoms with van der Waals surface area (Å²) in [5, 5.41) is 0. The summed E-state index contributed by atoms with van der Waals surface area (Å²) in [6.07, 6.45) is 0. The maximum atomic E-state index is 12.6. The quantitative estimate of drug-likeness (QED) is 0.656. The van der Waals surface area contributed by atoms with Gasteiger partial charge < -0.3 is 9.80 Å². The molecular weight excluding hydrogens is 352 g/mol. The van der Waals surface area contributed by atoms with Crippen LogP contribution in [0.1, 0.15) is 15.9 Å². The molecule has 4 heteroatoms. The molecular formula is C19H19BrN2O. The number of nitrogens with zero attached hydrogens (tertiary/aromatic N) is 2. The number of halogens is 1. The van der Waals surface area contributed by atoms with Gasteiger partial charge in [-0.25, -0.2) is 0 Å². The van der Waals surface area contributed by atoms with Crippen molar-refractivity contribution < 1.29 is 4.79 Å². The van der Waals surface area contributed by atoms with Crippen LogP contribution in [0.15, 0.2) is 42.5 Å². The average molecular weight is 371 g/mol. The highest BCUT2D eigenvalue weighted by Crippen LogP contribution is 2.40. The van der Waals surface area contributed by atoms with Crippen LogP contribution in [-0.4, -0.2) is 43.4 Å². The molecule has 2 heterocycles. The zero-order valence-electron chi connectivity index (χ0n) is 13.0. The van der Waals surface area contributed by atoms with Gasteiger partial charge in [0.1, 0.15) is 0 Å². The van der Waals surface area contributed by atoms with Gasteiger partial charge in [0.05, 0.1) is 0 Å². The van der Waals surface area contributed by atoms with Crippen molar-refractivity contribution in [1.82, 2.24) is 4.90 Å². The molecule has 0 aromatic heterocycles. The summed E-state index contributed by atoms with van der Waals surface area (Å²) < 4.78 is 0. The summed E-state index contributed by atoms with van der Waals surface area (Å²) in [6.45, 7) is 3.41. The van der Waals surface area contributed by atoms with Crippen molar-refractivity contribution >= 4 is 28.5 Å². The minimum absolute atomic E-state index is 0. The van der Waals surface area contributed by atoms with E-state index in [0.717, 1.165) is 41.3 Å². The number of rotatable bonds is 1. The van der Waals surface area contributed by atoms with Gasteiger partial charge in [-0.15, -0.1) is 17.0 Å². The molecule has 0 saturated carbocycles. The lowest BCUT2D eigenvalue weighted by Crippen LogP contribution is -2.52. The first-order chi connectivity index (χ1) is 10.7. The maximum absolute atomic E-state index is 12.6. The van der Waals surface area contributed by atoms with Gasteiger partial charge in [0.2, 0.25) is 0 Å². The third kappa shape index (κ3) is 2.01. The molecule has 2 atom stereocenters. The minimum Gasteiger partial charge on any atom is -0.370 e. The van der Waals surface area contributed by atoms with E-state index in [2.05, 4.69) is 35.0 Å². The van der Waals surface area contributed by atoms with E-state index in [1.807, 2.05) is 24.3 Å². The normalized spacial score (nSPS) is 24.6. The van der Waals surface area contributed by atoms with E-state index >= 15 is 0 Å². The number of anilines is 1. The number of hydrogen-bond donors (Lipinski definition) is 0. The van der Waals surface area contributed by atoms with Gasteiger partial charge in [0.25, 0.3) is 0 Å². The van der Waals surface area contributed by atoms with Crippen LogP contribution in [0.3, 0.4) is 0 Å². The monoisotopic (exact) mass is 370 g/mol. The number of likely N-dealkylation sites (tertiary alicyclic amines) is 1. The van der Waals surface area contributed by atoms with E-state index in [0.29, 0.717) is 6.04 Å². The van der Waals surface area contributed by atoms with Gasteiger partial charge in [-0.2, -0.15) is 0 Å². The third-order valence-electron chi connectivity index (χ3n) is 5.57. The Hall–Kier alpha value is -1.65. The molecule has 0 spiro atoms. The molecule has 0 radical (unpaired) electrons.